The third kappa shape index (κ3) is 36.6. The molecular weight excluding hydrogens is 627 g/mol. The monoisotopic (exact) mass is 694 g/mol. The molecule has 0 amide bonds. The maximum Gasteiger partial charge on any atom is 0.469 e. The van der Waals surface area contributed by atoms with Crippen LogP contribution in [0.2, 0.25) is 0 Å². The van der Waals surface area contributed by atoms with Gasteiger partial charge >= 0.3 is 13.8 Å². The smallest absolute Gasteiger partial charge is 0.469 e. The van der Waals surface area contributed by atoms with Gasteiger partial charge in [-0.25, -0.2) is 4.57 Å². The summed E-state index contributed by atoms with van der Waals surface area (Å²) in [6, 6.07) is 0. The van der Waals surface area contributed by atoms with E-state index in [0.29, 0.717) is 6.42 Å². The Labute approximate surface area is 292 Å². The predicted molar refractivity (Wildman–Crippen MR) is 197 cm³/mol. The number of hydrogen-bond acceptors (Lipinski definition) is 6. The lowest BCUT2D eigenvalue weighted by Crippen LogP contribution is -2.27. The molecule has 0 fully saturated rings. The largest absolute Gasteiger partial charge is 0.498 e. The van der Waals surface area contributed by atoms with Crippen molar-refractivity contribution in [3.63, 3.8) is 0 Å². The summed E-state index contributed by atoms with van der Waals surface area (Å²) < 4.78 is 26.5. The molecule has 0 aromatic carbocycles. The van der Waals surface area contributed by atoms with Gasteiger partial charge in [-0.1, -0.05) is 140 Å². The average Bonchev–Trinajstić information content (AvgIpc) is 3.05. The zero-order chi connectivity index (χ0) is 35.4. The zero-order valence-corrected chi connectivity index (χ0v) is 31.0. The molecule has 9 heteroatoms. The summed E-state index contributed by atoms with van der Waals surface area (Å²) in [5.74, 6) is -0.683. The number of rotatable bonds is 34. The van der Waals surface area contributed by atoms with Crippen molar-refractivity contribution in [2.24, 2.45) is 0 Å². The molecule has 2 N–H and O–H groups in total. The number of ether oxygens (including phenoxy) is 2. The number of allylic oxidation sites excluding steroid dienone is 9. The van der Waals surface area contributed by atoms with Gasteiger partial charge in [0.1, 0.15) is 6.61 Å². The van der Waals surface area contributed by atoms with Crippen LogP contribution in [0.1, 0.15) is 155 Å². The Hall–Kier alpha value is -2.25. The Balaban J connectivity index is 4.14. The highest BCUT2D eigenvalue weighted by atomic mass is 31.2. The summed E-state index contributed by atoms with van der Waals surface area (Å²) in [6.45, 7) is 3.86. The van der Waals surface area contributed by atoms with E-state index in [4.69, 9.17) is 19.3 Å². The van der Waals surface area contributed by atoms with Crippen LogP contribution in [0.25, 0.3) is 0 Å². The number of phosphoric ester groups is 1. The SMILES string of the molecule is CCCCC/C=C\C/C=C\C/C=C\C=C\C(=O)CCCC(=O)O[C@H](CO/C=C/CCCCCCCCCCCCCC)COP(=O)(O)O. The van der Waals surface area contributed by atoms with E-state index in [2.05, 4.69) is 42.7 Å². The molecule has 0 unspecified atom stereocenters. The highest BCUT2D eigenvalue weighted by molar-refractivity contribution is 7.46. The molecule has 0 aliphatic rings. The third-order valence-corrected chi connectivity index (χ3v) is 8.10. The quantitative estimate of drug-likeness (QED) is 0.0130. The standard InChI is InChI=1S/C39H67O8P/c1-3-5-7-9-11-13-15-17-19-21-23-25-27-29-34-45-35-38(36-46-48(42,43)44)47-39(41)33-30-32-37(40)31-28-26-24-22-20-18-16-14-12-10-8-6-4-2/h12,14,18,20,24,26,28-29,31,34,38H,3-11,13,15-17,19,21-23,25,27,30,32-33,35-36H2,1-2H3,(H2,42,43,44)/b14-12-,20-18-,26-24-,31-28+,34-29+/t38-/m1/s1. The Morgan fingerprint density at radius 3 is 1.81 bits per heavy atom. The van der Waals surface area contributed by atoms with Crippen molar-refractivity contribution >= 4 is 19.6 Å². The highest BCUT2D eigenvalue weighted by Gasteiger charge is 2.21. The van der Waals surface area contributed by atoms with E-state index >= 15 is 0 Å². The molecule has 0 spiro atoms. The lowest BCUT2D eigenvalue weighted by molar-refractivity contribution is -0.153. The van der Waals surface area contributed by atoms with Crippen molar-refractivity contribution < 1.29 is 37.9 Å². The normalized spacial score (nSPS) is 13.2. The van der Waals surface area contributed by atoms with Gasteiger partial charge in [-0.15, -0.1) is 0 Å². The van der Waals surface area contributed by atoms with Crippen molar-refractivity contribution in [2.45, 2.75) is 161 Å². The van der Waals surface area contributed by atoms with Crippen molar-refractivity contribution in [1.82, 2.24) is 0 Å². The summed E-state index contributed by atoms with van der Waals surface area (Å²) >= 11 is 0. The molecule has 1 atom stereocenters. The minimum Gasteiger partial charge on any atom is -0.498 e. The van der Waals surface area contributed by atoms with Crippen LogP contribution in [0.15, 0.2) is 60.9 Å². The van der Waals surface area contributed by atoms with E-state index < -0.39 is 26.5 Å². The van der Waals surface area contributed by atoms with E-state index in [0.717, 1.165) is 32.1 Å². The zero-order valence-electron chi connectivity index (χ0n) is 30.1. The molecule has 0 saturated carbocycles. The maximum absolute atomic E-state index is 12.3. The van der Waals surface area contributed by atoms with E-state index in [-0.39, 0.29) is 25.2 Å². The van der Waals surface area contributed by atoms with Crippen molar-refractivity contribution in [3.05, 3.63) is 60.9 Å². The van der Waals surface area contributed by atoms with Gasteiger partial charge < -0.3 is 19.3 Å². The summed E-state index contributed by atoms with van der Waals surface area (Å²) in [6.07, 6.45) is 41.5. The lowest BCUT2D eigenvalue weighted by atomic mass is 10.0. The van der Waals surface area contributed by atoms with Gasteiger partial charge in [-0.3, -0.25) is 14.1 Å². The van der Waals surface area contributed by atoms with Crippen LogP contribution >= 0.6 is 7.82 Å². The van der Waals surface area contributed by atoms with E-state index in [9.17, 15) is 14.2 Å². The van der Waals surface area contributed by atoms with Gasteiger partial charge in [-0.05, 0) is 57.1 Å². The number of phosphoric acid groups is 1. The van der Waals surface area contributed by atoms with Crippen molar-refractivity contribution in [1.29, 1.82) is 0 Å². The number of ketones is 1. The fraction of sp³-hybridized carbons (Fsp3) is 0.692. The summed E-state index contributed by atoms with van der Waals surface area (Å²) in [7, 11) is -4.73. The highest BCUT2D eigenvalue weighted by Crippen LogP contribution is 2.35. The maximum atomic E-state index is 12.3. The van der Waals surface area contributed by atoms with Crippen LogP contribution in [0, 0.1) is 0 Å². The van der Waals surface area contributed by atoms with Gasteiger partial charge in [0, 0.05) is 12.8 Å². The minimum absolute atomic E-state index is 0.00548. The first-order valence-corrected chi connectivity index (χ1v) is 20.1. The number of esters is 1. The Kier molecular flexibility index (Phi) is 33.0. The fourth-order valence-corrected chi connectivity index (χ4v) is 5.19. The molecular formula is C39H67O8P. The first kappa shape index (κ1) is 45.8. The molecule has 0 aliphatic carbocycles. The van der Waals surface area contributed by atoms with Gasteiger partial charge in [0.2, 0.25) is 0 Å². The molecule has 0 bridgehead atoms. The van der Waals surface area contributed by atoms with Crippen LogP contribution in [-0.4, -0.2) is 40.9 Å². The molecule has 0 aromatic heterocycles. The second-order valence-electron chi connectivity index (χ2n) is 12.3. The first-order valence-electron chi connectivity index (χ1n) is 18.6. The fourth-order valence-electron chi connectivity index (χ4n) is 4.83. The summed E-state index contributed by atoms with van der Waals surface area (Å²) in [5.41, 5.74) is 0. The van der Waals surface area contributed by atoms with E-state index in [1.807, 2.05) is 18.2 Å². The molecule has 0 saturated heterocycles. The second kappa shape index (κ2) is 34.6. The van der Waals surface area contributed by atoms with Crippen LogP contribution in [0.5, 0.6) is 0 Å². The first-order chi connectivity index (χ1) is 23.3. The van der Waals surface area contributed by atoms with Gasteiger partial charge in [0.15, 0.2) is 11.9 Å². The molecule has 0 rings (SSSR count). The molecule has 0 radical (unpaired) electrons. The molecule has 0 heterocycles. The van der Waals surface area contributed by atoms with Crippen LogP contribution < -0.4 is 0 Å². The van der Waals surface area contributed by atoms with E-state index in [1.165, 1.54) is 102 Å². The minimum atomic E-state index is -4.73. The molecule has 0 aliphatic heterocycles. The Morgan fingerprint density at radius 1 is 0.625 bits per heavy atom. The molecule has 0 aromatic rings. The third-order valence-electron chi connectivity index (χ3n) is 7.61. The Bertz CT molecular complexity index is 963. The number of carbonyl (C=O) groups is 2. The van der Waals surface area contributed by atoms with Crippen molar-refractivity contribution in [2.75, 3.05) is 13.2 Å². The molecule has 8 nitrogen and oxygen atoms in total. The predicted octanol–water partition coefficient (Wildman–Crippen LogP) is 11.0. The second-order valence-corrected chi connectivity index (χ2v) is 13.5. The average molecular weight is 695 g/mol. The van der Waals surface area contributed by atoms with Crippen molar-refractivity contribution in [3.8, 4) is 0 Å². The Morgan fingerprint density at radius 2 is 1.17 bits per heavy atom. The molecule has 276 valence electrons. The lowest BCUT2D eigenvalue weighted by Gasteiger charge is -2.17. The van der Waals surface area contributed by atoms with Crippen LogP contribution in [-0.2, 0) is 28.2 Å². The van der Waals surface area contributed by atoms with Gasteiger partial charge in [0.25, 0.3) is 0 Å². The number of hydrogen-bond donors (Lipinski definition) is 2. The summed E-state index contributed by atoms with van der Waals surface area (Å²) in [4.78, 5) is 42.5. The van der Waals surface area contributed by atoms with E-state index in [1.54, 1.807) is 6.08 Å². The number of unbranched alkanes of at least 4 members (excludes halogenated alkanes) is 15. The van der Waals surface area contributed by atoms with Crippen LogP contribution in [0.4, 0.5) is 0 Å². The molecule has 48 heavy (non-hydrogen) atoms. The topological polar surface area (TPSA) is 119 Å². The van der Waals surface area contributed by atoms with Gasteiger partial charge in [0.05, 0.1) is 12.9 Å². The number of carbonyl (C=O) groups excluding carboxylic acids is 2. The van der Waals surface area contributed by atoms with Gasteiger partial charge in [-0.2, -0.15) is 0 Å². The summed E-state index contributed by atoms with van der Waals surface area (Å²) in [5, 5.41) is 0. The van der Waals surface area contributed by atoms with Crippen LogP contribution in [0.3, 0.4) is 0 Å².